The monoisotopic (exact) mass is 573 g/mol. The van der Waals surface area contributed by atoms with Crippen molar-refractivity contribution in [3.8, 4) is 11.4 Å². The number of carbonyl (C=O) groups is 1. The van der Waals surface area contributed by atoms with Crippen LogP contribution in [0.4, 0.5) is 5.69 Å². The number of aromatic amines is 1. The summed E-state index contributed by atoms with van der Waals surface area (Å²) in [6.45, 7) is 5.91. The average Bonchev–Trinajstić information content (AvgIpc) is 3.53. The van der Waals surface area contributed by atoms with Gasteiger partial charge in [-0.3, -0.25) is 14.7 Å². The minimum Gasteiger partial charge on any atom is -0.497 e. The van der Waals surface area contributed by atoms with Crippen LogP contribution in [0.1, 0.15) is 24.5 Å². The topological polar surface area (TPSA) is 117 Å². The van der Waals surface area contributed by atoms with Gasteiger partial charge in [0.15, 0.2) is 13.9 Å². The molecule has 214 valence electrons. The third-order valence-corrected chi connectivity index (χ3v) is 11.2. The van der Waals surface area contributed by atoms with E-state index in [1.165, 1.54) is 4.68 Å². The number of para-hydroxylation sites is 1. The molecule has 9 nitrogen and oxygen atoms in total. The van der Waals surface area contributed by atoms with Crippen molar-refractivity contribution in [3.05, 3.63) is 88.2 Å². The van der Waals surface area contributed by atoms with Gasteiger partial charge in [0.25, 0.3) is 11.5 Å². The van der Waals surface area contributed by atoms with Gasteiger partial charge in [0.1, 0.15) is 5.75 Å². The summed E-state index contributed by atoms with van der Waals surface area (Å²) in [7, 11) is -1.19. The molecule has 6 rings (SSSR count). The first-order valence-corrected chi connectivity index (χ1v) is 16.9. The van der Waals surface area contributed by atoms with Crippen LogP contribution in [0, 0.1) is 5.92 Å². The molecule has 4 aromatic rings. The number of hydrogen-bond acceptors (Lipinski definition) is 6. The molecule has 3 heterocycles. The van der Waals surface area contributed by atoms with E-state index in [0.29, 0.717) is 29.8 Å². The molecule has 2 aliphatic rings. The third-order valence-electron chi connectivity index (χ3n) is 8.73. The van der Waals surface area contributed by atoms with Gasteiger partial charge < -0.3 is 24.3 Å². The van der Waals surface area contributed by atoms with E-state index in [4.69, 9.17) is 9.47 Å². The number of hydrogen-bond donors (Lipinski definition) is 3. The highest BCUT2D eigenvalue weighted by Crippen LogP contribution is 2.60. The number of rotatable bonds is 7. The summed E-state index contributed by atoms with van der Waals surface area (Å²) in [5, 5.41) is 13.6. The molecular formula is C31H35N3O6Si. The SMILES string of the molecule is COc1ccc2c(c1)[C@@]1(O[C@H](CCO)[C@@H]([Si](C)(C)O)[C@@H]1C)C(=O)N2Cc1ccc(-n2[nH]c3ccccc3c2=O)cc1. The maximum absolute atomic E-state index is 14.4. The largest absolute Gasteiger partial charge is 0.497 e. The lowest BCUT2D eigenvalue weighted by molar-refractivity contribution is -0.146. The summed E-state index contributed by atoms with van der Waals surface area (Å²) in [5.41, 5.74) is 2.14. The van der Waals surface area contributed by atoms with E-state index < -0.39 is 20.0 Å². The standard InChI is InChI=1S/C31H35N3O6Si/c1-19-28(41(3,4)38)27(15-16-35)40-31(19)24-17-22(39-2)13-14-26(24)33(30(31)37)18-20-9-11-21(12-10-20)34-29(36)23-7-5-6-8-25(23)32-34/h5-14,17,19,27-28,32,35,38H,15-16,18H2,1-4H3/t19-,27+,28-,31+/m0/s1. The fraction of sp³-hybridized carbons (Fsp3) is 0.355. The number of H-pyrrole nitrogens is 1. The Balaban J connectivity index is 1.37. The number of aromatic nitrogens is 2. The molecule has 0 aliphatic carbocycles. The van der Waals surface area contributed by atoms with Crippen LogP contribution in [0.5, 0.6) is 5.75 Å². The zero-order chi connectivity index (χ0) is 29.1. The number of anilines is 1. The first-order valence-electron chi connectivity index (χ1n) is 13.9. The van der Waals surface area contributed by atoms with Crippen LogP contribution in [-0.4, -0.2) is 53.7 Å². The lowest BCUT2D eigenvalue weighted by Gasteiger charge is -2.32. The number of aliphatic hydroxyl groups excluding tert-OH is 1. The van der Waals surface area contributed by atoms with E-state index in [1.54, 1.807) is 18.1 Å². The van der Waals surface area contributed by atoms with Crippen LogP contribution in [0.15, 0.2) is 71.5 Å². The second-order valence-electron chi connectivity index (χ2n) is 11.6. The molecule has 2 aliphatic heterocycles. The Morgan fingerprint density at radius 2 is 1.80 bits per heavy atom. The Kier molecular flexibility index (Phi) is 6.69. The van der Waals surface area contributed by atoms with Gasteiger partial charge in [-0.05, 0) is 67.5 Å². The van der Waals surface area contributed by atoms with Crippen molar-refractivity contribution in [1.82, 2.24) is 9.78 Å². The smallest absolute Gasteiger partial charge is 0.279 e. The zero-order valence-electron chi connectivity index (χ0n) is 23.6. The molecule has 10 heteroatoms. The average molecular weight is 574 g/mol. The molecular weight excluding hydrogens is 538 g/mol. The number of nitrogens with zero attached hydrogens (tertiary/aromatic N) is 2. The van der Waals surface area contributed by atoms with Gasteiger partial charge in [-0.2, -0.15) is 0 Å². The Hall–Kier alpha value is -3.70. The van der Waals surface area contributed by atoms with Crippen molar-refractivity contribution >= 4 is 30.8 Å². The minimum absolute atomic E-state index is 0.0941. The number of ether oxygens (including phenoxy) is 2. The van der Waals surface area contributed by atoms with E-state index >= 15 is 0 Å². The van der Waals surface area contributed by atoms with Crippen LogP contribution in [0.2, 0.25) is 18.6 Å². The van der Waals surface area contributed by atoms with Crippen LogP contribution < -0.4 is 15.2 Å². The molecule has 1 spiro atoms. The van der Waals surface area contributed by atoms with E-state index in [2.05, 4.69) is 5.10 Å². The summed E-state index contributed by atoms with van der Waals surface area (Å²) in [4.78, 5) is 40.3. The summed E-state index contributed by atoms with van der Waals surface area (Å²) >= 11 is 0. The number of fused-ring (bicyclic) bond motifs is 3. The Morgan fingerprint density at radius 1 is 1.07 bits per heavy atom. The van der Waals surface area contributed by atoms with Gasteiger partial charge in [-0.25, -0.2) is 4.68 Å². The fourth-order valence-corrected chi connectivity index (χ4v) is 9.51. The Morgan fingerprint density at radius 3 is 2.46 bits per heavy atom. The first kappa shape index (κ1) is 27.5. The predicted octanol–water partition coefficient (Wildman–Crippen LogP) is 4.05. The maximum atomic E-state index is 14.4. The lowest BCUT2D eigenvalue weighted by Crippen LogP contribution is -2.46. The Bertz CT molecular complexity index is 1670. The molecule has 1 aromatic heterocycles. The zero-order valence-corrected chi connectivity index (χ0v) is 24.6. The molecule has 3 aromatic carbocycles. The fourth-order valence-electron chi connectivity index (χ4n) is 6.91. The molecule has 4 atom stereocenters. The summed E-state index contributed by atoms with van der Waals surface area (Å²) in [5.74, 6) is 0.113. The van der Waals surface area contributed by atoms with Crippen molar-refractivity contribution in [3.63, 3.8) is 0 Å². The number of methoxy groups -OCH3 is 1. The molecule has 1 saturated heterocycles. The van der Waals surface area contributed by atoms with E-state index in [0.717, 1.165) is 22.3 Å². The van der Waals surface area contributed by atoms with Crippen LogP contribution in [0.3, 0.4) is 0 Å². The van der Waals surface area contributed by atoms with Crippen molar-refractivity contribution in [2.24, 2.45) is 5.92 Å². The van der Waals surface area contributed by atoms with Crippen molar-refractivity contribution in [2.45, 2.75) is 50.2 Å². The van der Waals surface area contributed by atoms with Crippen molar-refractivity contribution in [1.29, 1.82) is 0 Å². The number of nitrogens with one attached hydrogen (secondary N) is 1. The van der Waals surface area contributed by atoms with Gasteiger partial charge >= 0.3 is 0 Å². The molecule has 0 bridgehead atoms. The highest BCUT2D eigenvalue weighted by atomic mass is 28.4. The van der Waals surface area contributed by atoms with E-state index in [1.807, 2.05) is 80.7 Å². The highest BCUT2D eigenvalue weighted by Gasteiger charge is 2.66. The predicted molar refractivity (Wildman–Crippen MR) is 159 cm³/mol. The van der Waals surface area contributed by atoms with Gasteiger partial charge in [-0.15, -0.1) is 0 Å². The van der Waals surface area contributed by atoms with E-state index in [-0.39, 0.29) is 29.5 Å². The number of carbonyl (C=O) groups excluding carboxylic acids is 1. The van der Waals surface area contributed by atoms with Crippen LogP contribution in [-0.2, 0) is 21.7 Å². The normalized spacial score (nSPS) is 24.0. The summed E-state index contributed by atoms with van der Waals surface area (Å²) in [6.07, 6.45) is -0.104. The summed E-state index contributed by atoms with van der Waals surface area (Å²) < 4.78 is 13.7. The quantitative estimate of drug-likeness (QED) is 0.287. The van der Waals surface area contributed by atoms with Gasteiger partial charge in [0.2, 0.25) is 0 Å². The lowest BCUT2D eigenvalue weighted by atomic mass is 9.82. The maximum Gasteiger partial charge on any atom is 0.279 e. The van der Waals surface area contributed by atoms with Gasteiger partial charge in [0, 0.05) is 23.6 Å². The molecule has 0 unspecified atom stereocenters. The van der Waals surface area contributed by atoms with Gasteiger partial charge in [-0.1, -0.05) is 31.2 Å². The molecule has 1 fully saturated rings. The van der Waals surface area contributed by atoms with Crippen LogP contribution in [0.25, 0.3) is 16.6 Å². The van der Waals surface area contributed by atoms with Crippen molar-refractivity contribution in [2.75, 3.05) is 18.6 Å². The molecule has 0 saturated carbocycles. The van der Waals surface area contributed by atoms with Gasteiger partial charge in [0.05, 0.1) is 42.0 Å². The summed E-state index contributed by atoms with van der Waals surface area (Å²) in [6, 6.07) is 20.5. The first-order chi connectivity index (χ1) is 19.6. The second-order valence-corrected chi connectivity index (χ2v) is 15.6. The molecule has 0 radical (unpaired) electrons. The van der Waals surface area contributed by atoms with E-state index in [9.17, 15) is 19.5 Å². The number of benzene rings is 3. The number of aliphatic hydroxyl groups is 1. The van der Waals surface area contributed by atoms with Crippen molar-refractivity contribution < 1.29 is 24.2 Å². The molecule has 1 amide bonds. The number of amides is 1. The minimum atomic E-state index is -2.77. The third kappa shape index (κ3) is 4.24. The molecule has 41 heavy (non-hydrogen) atoms. The second kappa shape index (κ2) is 9.99. The molecule has 3 N–H and O–H groups in total. The van der Waals surface area contributed by atoms with Crippen LogP contribution >= 0.6 is 0 Å². The highest BCUT2D eigenvalue weighted by molar-refractivity contribution is 6.71. The Labute approximate surface area is 239 Å².